The number of aliphatic imine (C=N–C) groups is 1. The normalized spacial score (nSPS) is 28.3. The molecule has 8 heterocycles. The molecule has 2 amide bonds. The van der Waals surface area contributed by atoms with Crippen LogP contribution in [0.1, 0.15) is 93.0 Å². The van der Waals surface area contributed by atoms with Crippen molar-refractivity contribution in [2.45, 2.75) is 101 Å². The number of rotatable bonds is 9. The first-order valence-electron chi connectivity index (χ1n) is 22.9. The number of nitrogens with zero attached hydrogens (tertiary/aromatic N) is 7. The van der Waals surface area contributed by atoms with Crippen molar-refractivity contribution in [2.24, 2.45) is 21.9 Å². The largest absolute Gasteiger partial charge is 0.464 e. The lowest BCUT2D eigenvalue weighted by Gasteiger charge is -2.56. The molecule has 2 N–H and O–H groups in total. The molecule has 0 bridgehead atoms. The number of hydrogen-bond donors (Lipinski definition) is 2. The van der Waals surface area contributed by atoms with E-state index >= 15 is 0 Å². The van der Waals surface area contributed by atoms with Gasteiger partial charge in [0.15, 0.2) is 11.9 Å². The highest BCUT2D eigenvalue weighted by Crippen LogP contribution is 2.40. The number of morpholine rings is 1. The highest BCUT2D eigenvalue weighted by atomic mass is 19.3. The topological polar surface area (TPSA) is 142 Å². The zero-order valence-electron chi connectivity index (χ0n) is 35.8. The molecular formula is C48H53F2N9O5. The quantitative estimate of drug-likeness (QED) is 0.179. The van der Waals surface area contributed by atoms with E-state index in [0.29, 0.717) is 38.1 Å². The highest BCUT2D eigenvalue weighted by molar-refractivity contribution is 6.11. The number of amidine groups is 1. The first-order chi connectivity index (χ1) is 31.2. The maximum absolute atomic E-state index is 14.3. The summed E-state index contributed by atoms with van der Waals surface area (Å²) >= 11 is 0. The zero-order chi connectivity index (χ0) is 43.5. The number of ether oxygens (including phenoxy) is 2. The Morgan fingerprint density at radius 1 is 1.05 bits per heavy atom. The standard InChI is InChI=1S/C48H53F2N9O5/c1-28-7-12-35(47(60)52-28)37-26-63-40-14-13-33-30(4-2-6-34(33)43(37)40)5-3-21-62-32-15-18-56(19-16-32)23-29-8-10-31(11-9-29)59-24-38(44(55-59)45(49)50)53-48(61)36-22-51-58-20-17-42(54-46(36)58)57-25-41-39(57)27-64-41/h2,4,6,13-14,22,24,26,29,31-32,35-36,39,41,45-46H,1,7-12,15-21,23,25,27H2,(H,52,60)(H,53,61). The Hall–Kier alpha value is -5.63. The van der Waals surface area contributed by atoms with Crippen LogP contribution in [0.25, 0.3) is 21.7 Å². The van der Waals surface area contributed by atoms with Crippen LogP contribution in [0.15, 0.2) is 69.6 Å². The lowest BCUT2D eigenvalue weighted by Crippen LogP contribution is -2.72. The van der Waals surface area contributed by atoms with Gasteiger partial charge in [0.1, 0.15) is 23.9 Å². The predicted molar refractivity (Wildman–Crippen MR) is 237 cm³/mol. The molecule has 5 fully saturated rings. The highest BCUT2D eigenvalue weighted by Gasteiger charge is 2.50. The van der Waals surface area contributed by atoms with Crippen molar-refractivity contribution in [2.75, 3.05) is 51.3 Å². The number of nitrogens with one attached hydrogen (secondary N) is 2. The van der Waals surface area contributed by atoms with Crippen LogP contribution in [-0.4, -0.2) is 119 Å². The third kappa shape index (κ3) is 7.75. The van der Waals surface area contributed by atoms with Crippen molar-refractivity contribution >= 4 is 51.3 Å². The minimum absolute atomic E-state index is 0.00599. The van der Waals surface area contributed by atoms with Gasteiger partial charge < -0.3 is 34.3 Å². The number of benzene rings is 2. The molecule has 0 spiro atoms. The number of anilines is 1. The van der Waals surface area contributed by atoms with E-state index in [1.54, 1.807) is 23.4 Å². The van der Waals surface area contributed by atoms with Gasteiger partial charge in [-0.05, 0) is 86.3 Å². The number of hydrazone groups is 1. The van der Waals surface area contributed by atoms with Gasteiger partial charge in [-0.15, -0.1) is 0 Å². The van der Waals surface area contributed by atoms with Crippen LogP contribution in [0, 0.1) is 23.7 Å². The van der Waals surface area contributed by atoms with Gasteiger partial charge in [0.25, 0.3) is 6.43 Å². The maximum atomic E-state index is 14.3. The van der Waals surface area contributed by atoms with E-state index < -0.39 is 30.1 Å². The van der Waals surface area contributed by atoms with Crippen LogP contribution in [0.3, 0.4) is 0 Å². The molecule has 64 heavy (non-hydrogen) atoms. The monoisotopic (exact) mass is 873 g/mol. The predicted octanol–water partition coefficient (Wildman–Crippen LogP) is 6.56. The SMILES string of the molecule is C=C1CCC(c2coc3ccc4c(C#CCOC5CCN(CC6CCC(n7cc(NC(=O)C8C=NN9CCC(N%10CC%11OCC%11%10)=NC89)c(C(F)F)n7)CC6)CC5)cccc4c23)C(=O)N1. The summed E-state index contributed by atoms with van der Waals surface area (Å²) in [6, 6.07) is 10.4. The van der Waals surface area contributed by atoms with E-state index in [1.165, 1.54) is 0 Å². The average Bonchev–Trinajstić information content (AvgIpc) is 4.04. The average molecular weight is 874 g/mol. The Morgan fingerprint density at radius 3 is 2.67 bits per heavy atom. The van der Waals surface area contributed by atoms with Crippen LogP contribution < -0.4 is 10.6 Å². The Kier molecular flexibility index (Phi) is 11.0. The Morgan fingerprint density at radius 2 is 1.91 bits per heavy atom. The minimum atomic E-state index is -2.82. The fourth-order valence-corrected chi connectivity index (χ4v) is 10.9. The molecule has 0 radical (unpaired) electrons. The summed E-state index contributed by atoms with van der Waals surface area (Å²) in [6.07, 6.45) is 9.73. The second-order valence-corrected chi connectivity index (χ2v) is 18.5. The van der Waals surface area contributed by atoms with Crippen molar-refractivity contribution in [1.29, 1.82) is 0 Å². The summed E-state index contributed by atoms with van der Waals surface area (Å²) in [5, 5.41) is 19.2. The van der Waals surface area contributed by atoms with Gasteiger partial charge in [0.05, 0.1) is 48.8 Å². The number of likely N-dealkylation sites (tertiary alicyclic amines) is 2. The summed E-state index contributed by atoms with van der Waals surface area (Å²) in [5.41, 5.74) is 2.98. The summed E-state index contributed by atoms with van der Waals surface area (Å²) in [5.74, 6) is 6.66. The van der Waals surface area contributed by atoms with Gasteiger partial charge in [-0.25, -0.2) is 13.8 Å². The van der Waals surface area contributed by atoms with Gasteiger partial charge in [0.2, 0.25) is 11.8 Å². The van der Waals surface area contributed by atoms with Crippen molar-refractivity contribution in [1.82, 2.24) is 29.9 Å². The van der Waals surface area contributed by atoms with Crippen LogP contribution >= 0.6 is 0 Å². The lowest BCUT2D eigenvalue weighted by molar-refractivity contribution is -0.189. The molecule has 4 aromatic rings. The molecule has 2 aromatic heterocycles. The van der Waals surface area contributed by atoms with Crippen molar-refractivity contribution < 1.29 is 32.3 Å². The molecule has 2 aromatic carbocycles. The van der Waals surface area contributed by atoms with Gasteiger partial charge in [-0.2, -0.15) is 10.2 Å². The van der Waals surface area contributed by atoms with E-state index in [2.05, 4.69) is 55.1 Å². The second kappa shape index (κ2) is 17.1. The number of allylic oxidation sites excluding steroid dienone is 1. The zero-order valence-corrected chi connectivity index (χ0v) is 35.8. The Bertz CT molecular complexity index is 2600. The van der Waals surface area contributed by atoms with E-state index in [1.807, 2.05) is 29.3 Å². The molecular weight excluding hydrogens is 821 g/mol. The molecule has 6 aliphatic heterocycles. The van der Waals surface area contributed by atoms with Crippen LogP contribution in [0.5, 0.6) is 0 Å². The number of fused-ring (bicyclic) bond motifs is 5. The van der Waals surface area contributed by atoms with Crippen molar-refractivity contribution in [3.63, 3.8) is 0 Å². The van der Waals surface area contributed by atoms with E-state index in [0.717, 1.165) is 122 Å². The third-order valence-corrected chi connectivity index (χ3v) is 14.6. The number of furan rings is 1. The molecule has 5 atom stereocenters. The number of piperidine rings is 2. The first kappa shape index (κ1) is 41.1. The summed E-state index contributed by atoms with van der Waals surface area (Å²) in [7, 11) is 0. The fraction of sp³-hybridized carbons (Fsp3) is 0.521. The minimum Gasteiger partial charge on any atom is -0.464 e. The van der Waals surface area contributed by atoms with Gasteiger partial charge in [-0.1, -0.05) is 30.6 Å². The Balaban J connectivity index is 0.646. The van der Waals surface area contributed by atoms with Crippen LogP contribution in [0.4, 0.5) is 14.5 Å². The smallest absolute Gasteiger partial charge is 0.284 e. The van der Waals surface area contributed by atoms with E-state index in [9.17, 15) is 18.4 Å². The Labute approximate surface area is 370 Å². The molecule has 334 valence electrons. The van der Waals surface area contributed by atoms with Crippen molar-refractivity contribution in [3.8, 4) is 11.8 Å². The molecule has 16 heteroatoms. The number of carbonyl (C=O) groups excluding carboxylic acids is 2. The summed E-state index contributed by atoms with van der Waals surface area (Å²) in [6.45, 7) is 9.37. The summed E-state index contributed by atoms with van der Waals surface area (Å²) < 4.78 is 48.0. The molecule has 14 nitrogen and oxygen atoms in total. The van der Waals surface area contributed by atoms with E-state index in [4.69, 9.17) is 18.9 Å². The fourth-order valence-electron chi connectivity index (χ4n) is 10.9. The first-order valence-corrected chi connectivity index (χ1v) is 22.9. The molecule has 1 saturated carbocycles. The molecule has 1 aliphatic carbocycles. The molecule has 11 rings (SSSR count). The number of hydrogen-bond acceptors (Lipinski definition) is 11. The van der Waals surface area contributed by atoms with Crippen LogP contribution in [0.2, 0.25) is 0 Å². The molecule has 5 unspecified atom stereocenters. The van der Waals surface area contributed by atoms with Gasteiger partial charge in [0, 0.05) is 73.8 Å². The molecule has 4 saturated heterocycles. The number of alkyl halides is 2. The van der Waals surface area contributed by atoms with E-state index in [-0.39, 0.29) is 35.8 Å². The number of carbonyl (C=O) groups is 2. The second-order valence-electron chi connectivity index (χ2n) is 18.5. The van der Waals surface area contributed by atoms with Crippen LogP contribution in [-0.2, 0) is 19.1 Å². The summed E-state index contributed by atoms with van der Waals surface area (Å²) in [4.78, 5) is 36.1. The molecule has 7 aliphatic rings. The number of amides is 2. The number of aromatic nitrogens is 2. The third-order valence-electron chi connectivity index (χ3n) is 14.6. The lowest BCUT2D eigenvalue weighted by atomic mass is 9.85. The number of halogens is 2. The maximum Gasteiger partial charge on any atom is 0.284 e. The van der Waals surface area contributed by atoms with Crippen molar-refractivity contribution in [3.05, 3.63) is 71.9 Å². The van der Waals surface area contributed by atoms with Gasteiger partial charge >= 0.3 is 0 Å². The van der Waals surface area contributed by atoms with Gasteiger partial charge in [-0.3, -0.25) is 19.3 Å².